The zero-order valence-corrected chi connectivity index (χ0v) is 20.7. The first-order chi connectivity index (χ1) is 16.8. The number of ether oxygens (including phenoxy) is 2. The number of piperazine rings is 1. The second kappa shape index (κ2) is 10.1. The van der Waals surface area contributed by atoms with Crippen LogP contribution >= 0.6 is 0 Å². The Morgan fingerprint density at radius 1 is 0.914 bits per heavy atom. The summed E-state index contributed by atoms with van der Waals surface area (Å²) in [5.74, 6) is 0.705. The van der Waals surface area contributed by atoms with Gasteiger partial charge in [-0.05, 0) is 67.3 Å². The van der Waals surface area contributed by atoms with Crippen molar-refractivity contribution >= 4 is 29.3 Å². The summed E-state index contributed by atoms with van der Waals surface area (Å²) in [6.07, 6.45) is 1.96. The van der Waals surface area contributed by atoms with E-state index in [-0.39, 0.29) is 18.4 Å². The first-order valence-corrected chi connectivity index (χ1v) is 11.5. The van der Waals surface area contributed by atoms with Crippen LogP contribution in [0.4, 0.5) is 11.4 Å². The van der Waals surface area contributed by atoms with Crippen LogP contribution in [0.15, 0.2) is 72.3 Å². The van der Waals surface area contributed by atoms with Crippen molar-refractivity contribution in [3.8, 4) is 11.5 Å². The summed E-state index contributed by atoms with van der Waals surface area (Å²) in [5, 5.41) is 0. The second-order valence-corrected chi connectivity index (χ2v) is 8.70. The van der Waals surface area contributed by atoms with Crippen molar-refractivity contribution < 1.29 is 19.1 Å². The molecule has 1 unspecified atom stereocenters. The van der Waals surface area contributed by atoms with Crippen LogP contribution in [0.1, 0.15) is 23.6 Å². The lowest BCUT2D eigenvalue weighted by Crippen LogP contribution is -2.61. The Balaban J connectivity index is 1.83. The van der Waals surface area contributed by atoms with E-state index in [9.17, 15) is 9.59 Å². The topological polar surface area (TPSA) is 59.1 Å². The van der Waals surface area contributed by atoms with E-state index in [1.165, 1.54) is 12.0 Å². The van der Waals surface area contributed by atoms with Crippen molar-refractivity contribution in [3.05, 3.63) is 89.0 Å². The molecule has 6 heteroatoms. The highest BCUT2D eigenvalue weighted by atomic mass is 16.5. The molecule has 0 saturated carbocycles. The summed E-state index contributed by atoms with van der Waals surface area (Å²) in [5.41, 5.74) is 5.16. The van der Waals surface area contributed by atoms with E-state index in [2.05, 4.69) is 0 Å². The van der Waals surface area contributed by atoms with Crippen LogP contribution in [0.2, 0.25) is 0 Å². The molecule has 1 saturated heterocycles. The molecule has 1 heterocycles. The molecule has 1 aliphatic heterocycles. The molecule has 0 N–H and O–H groups in total. The number of nitrogens with zero attached hydrogens (tertiary/aromatic N) is 2. The fourth-order valence-electron chi connectivity index (χ4n) is 4.36. The molecule has 6 nitrogen and oxygen atoms in total. The number of carbonyl (C=O) groups is 2. The van der Waals surface area contributed by atoms with Gasteiger partial charge in [0.05, 0.1) is 19.9 Å². The molecule has 0 bridgehead atoms. The minimum atomic E-state index is -0.801. The quantitative estimate of drug-likeness (QED) is 0.499. The van der Waals surface area contributed by atoms with Gasteiger partial charge in [0.1, 0.15) is 24.1 Å². The Morgan fingerprint density at radius 2 is 1.66 bits per heavy atom. The zero-order valence-electron chi connectivity index (χ0n) is 20.7. The Bertz CT molecular complexity index is 1280. The second-order valence-electron chi connectivity index (χ2n) is 8.70. The van der Waals surface area contributed by atoms with E-state index in [0.29, 0.717) is 22.9 Å². The zero-order chi connectivity index (χ0) is 25.1. The number of hydrogen-bond donors (Lipinski definition) is 0. The van der Waals surface area contributed by atoms with Crippen molar-refractivity contribution in [3.63, 3.8) is 0 Å². The fraction of sp³-hybridized carbons (Fsp3) is 0.241. The SMILES string of the molecule is COc1ccc(N2CC(=O)N(c3ccc(C)c(C)c3)C(/C(C)=C/c3ccccc3)C2=O)c(OC)c1. The predicted molar refractivity (Wildman–Crippen MR) is 139 cm³/mol. The molecule has 2 amide bonds. The van der Waals surface area contributed by atoms with Gasteiger partial charge in [-0.15, -0.1) is 0 Å². The van der Waals surface area contributed by atoms with Gasteiger partial charge in [-0.3, -0.25) is 19.4 Å². The van der Waals surface area contributed by atoms with Crippen LogP contribution in [-0.2, 0) is 9.59 Å². The maximum Gasteiger partial charge on any atom is 0.255 e. The lowest BCUT2D eigenvalue weighted by Gasteiger charge is -2.41. The largest absolute Gasteiger partial charge is 0.497 e. The standard InChI is InChI=1S/C29H30N2O4/c1-19-11-12-23(16-20(19)2)31-27(32)18-30(25-14-13-24(34-4)17-26(25)35-5)29(33)28(31)21(3)15-22-9-7-6-8-10-22/h6-17,28H,18H2,1-5H3/b21-15+. The van der Waals surface area contributed by atoms with Crippen LogP contribution in [0.3, 0.4) is 0 Å². The molecule has 1 aliphatic rings. The molecule has 35 heavy (non-hydrogen) atoms. The van der Waals surface area contributed by atoms with Crippen molar-refractivity contribution in [1.82, 2.24) is 0 Å². The Labute approximate surface area is 206 Å². The number of methoxy groups -OCH3 is 2. The number of amides is 2. The number of aryl methyl sites for hydroxylation is 2. The smallest absolute Gasteiger partial charge is 0.255 e. The molecule has 180 valence electrons. The van der Waals surface area contributed by atoms with Crippen molar-refractivity contribution in [1.29, 1.82) is 0 Å². The molecule has 0 radical (unpaired) electrons. The average molecular weight is 471 g/mol. The van der Waals surface area contributed by atoms with Gasteiger partial charge in [0.2, 0.25) is 5.91 Å². The van der Waals surface area contributed by atoms with Gasteiger partial charge < -0.3 is 9.47 Å². The Hall–Kier alpha value is -4.06. The van der Waals surface area contributed by atoms with Crippen LogP contribution in [0.25, 0.3) is 6.08 Å². The molecule has 3 aromatic carbocycles. The maximum atomic E-state index is 14.1. The molecule has 0 aliphatic carbocycles. The number of rotatable bonds is 6. The molecular weight excluding hydrogens is 440 g/mol. The third-order valence-electron chi connectivity index (χ3n) is 6.39. The molecule has 0 aromatic heterocycles. The summed E-state index contributed by atoms with van der Waals surface area (Å²) in [6, 6.07) is 20.1. The minimum Gasteiger partial charge on any atom is -0.497 e. The van der Waals surface area contributed by atoms with Gasteiger partial charge in [-0.25, -0.2) is 0 Å². The normalized spacial score (nSPS) is 16.5. The molecule has 3 aromatic rings. The van der Waals surface area contributed by atoms with Gasteiger partial charge in [0, 0.05) is 11.8 Å². The summed E-state index contributed by atoms with van der Waals surface area (Å²) in [4.78, 5) is 30.8. The first-order valence-electron chi connectivity index (χ1n) is 11.5. The van der Waals surface area contributed by atoms with E-state index < -0.39 is 6.04 Å². The van der Waals surface area contributed by atoms with Crippen LogP contribution in [-0.4, -0.2) is 38.6 Å². The molecular formula is C29H30N2O4. The average Bonchev–Trinajstić information content (AvgIpc) is 2.86. The lowest BCUT2D eigenvalue weighted by molar-refractivity contribution is -0.127. The van der Waals surface area contributed by atoms with Crippen LogP contribution < -0.4 is 19.3 Å². The number of carbonyl (C=O) groups excluding carboxylic acids is 2. The van der Waals surface area contributed by atoms with E-state index in [4.69, 9.17) is 9.47 Å². The van der Waals surface area contributed by atoms with Gasteiger partial charge >= 0.3 is 0 Å². The predicted octanol–water partition coefficient (Wildman–Crippen LogP) is 5.17. The maximum absolute atomic E-state index is 14.1. The minimum absolute atomic E-state index is 0.0937. The Morgan fingerprint density at radius 3 is 2.31 bits per heavy atom. The lowest BCUT2D eigenvalue weighted by atomic mass is 9.97. The summed E-state index contributed by atoms with van der Waals surface area (Å²) < 4.78 is 10.8. The van der Waals surface area contributed by atoms with E-state index in [1.807, 2.05) is 75.4 Å². The van der Waals surface area contributed by atoms with Crippen molar-refractivity contribution in [2.45, 2.75) is 26.8 Å². The first kappa shape index (κ1) is 24.1. The summed E-state index contributed by atoms with van der Waals surface area (Å²) >= 11 is 0. The number of hydrogen-bond acceptors (Lipinski definition) is 4. The molecule has 0 spiro atoms. The van der Waals surface area contributed by atoms with Crippen LogP contribution in [0.5, 0.6) is 11.5 Å². The van der Waals surface area contributed by atoms with Crippen molar-refractivity contribution in [2.75, 3.05) is 30.6 Å². The van der Waals surface area contributed by atoms with E-state index in [1.54, 1.807) is 30.2 Å². The van der Waals surface area contributed by atoms with Gasteiger partial charge in [0.15, 0.2) is 0 Å². The highest BCUT2D eigenvalue weighted by molar-refractivity contribution is 6.16. The van der Waals surface area contributed by atoms with Crippen molar-refractivity contribution in [2.24, 2.45) is 0 Å². The fourth-order valence-corrected chi connectivity index (χ4v) is 4.36. The third kappa shape index (κ3) is 4.78. The number of anilines is 2. The molecule has 1 atom stereocenters. The summed E-state index contributed by atoms with van der Waals surface area (Å²) in [7, 11) is 3.10. The van der Waals surface area contributed by atoms with Gasteiger partial charge in [-0.1, -0.05) is 42.5 Å². The molecule has 1 fully saturated rings. The number of benzene rings is 3. The monoisotopic (exact) mass is 470 g/mol. The highest BCUT2D eigenvalue weighted by Gasteiger charge is 2.42. The molecule has 4 rings (SSSR count). The Kier molecular flexibility index (Phi) is 6.92. The summed E-state index contributed by atoms with van der Waals surface area (Å²) in [6.45, 7) is 5.83. The van der Waals surface area contributed by atoms with E-state index in [0.717, 1.165) is 22.3 Å². The van der Waals surface area contributed by atoms with E-state index >= 15 is 0 Å². The van der Waals surface area contributed by atoms with Crippen LogP contribution in [0, 0.1) is 13.8 Å². The highest BCUT2D eigenvalue weighted by Crippen LogP contribution is 2.36. The van der Waals surface area contributed by atoms with Gasteiger partial charge in [-0.2, -0.15) is 0 Å². The third-order valence-corrected chi connectivity index (χ3v) is 6.39. The van der Waals surface area contributed by atoms with Gasteiger partial charge in [0.25, 0.3) is 5.91 Å².